The van der Waals surface area contributed by atoms with Crippen LogP contribution in [0.1, 0.15) is 49.3 Å². The second-order valence-electron chi connectivity index (χ2n) is 4.05. The minimum atomic E-state index is 0.625. The summed E-state index contributed by atoms with van der Waals surface area (Å²) < 4.78 is 0. The van der Waals surface area contributed by atoms with Crippen molar-refractivity contribution in [3.8, 4) is 0 Å². The van der Waals surface area contributed by atoms with Gasteiger partial charge in [-0.2, -0.15) is 0 Å². The van der Waals surface area contributed by atoms with E-state index in [2.05, 4.69) is 31.0 Å². The van der Waals surface area contributed by atoms with Crippen LogP contribution >= 0.6 is 0 Å². The van der Waals surface area contributed by atoms with E-state index in [1.54, 1.807) is 0 Å². The largest absolute Gasteiger partial charge is 0.264 e. The molecule has 0 saturated carbocycles. The van der Waals surface area contributed by atoms with Crippen LogP contribution in [0.25, 0.3) is 6.08 Å². The van der Waals surface area contributed by atoms with Crippen LogP contribution in [-0.4, -0.2) is 4.98 Å². The van der Waals surface area contributed by atoms with Gasteiger partial charge < -0.3 is 0 Å². The summed E-state index contributed by atoms with van der Waals surface area (Å²) in [5.74, 6) is 0.625. The van der Waals surface area contributed by atoms with Gasteiger partial charge in [-0.1, -0.05) is 26.0 Å². The normalized spacial score (nSPS) is 16.4. The van der Waals surface area contributed by atoms with E-state index in [1.807, 2.05) is 12.4 Å². The Kier molecular flexibility index (Phi) is 2.67. The molecule has 0 saturated heterocycles. The first-order valence-corrected chi connectivity index (χ1v) is 5.46. The number of rotatable bonds is 2. The zero-order valence-electron chi connectivity index (χ0n) is 8.96. The minimum Gasteiger partial charge on any atom is -0.264 e. The average Bonchev–Trinajstić information content (AvgIpc) is 2.27. The highest BCUT2D eigenvalue weighted by molar-refractivity contribution is 5.59. The third kappa shape index (κ3) is 1.59. The second kappa shape index (κ2) is 3.95. The van der Waals surface area contributed by atoms with Crippen molar-refractivity contribution in [3.05, 3.63) is 35.2 Å². The molecule has 1 aliphatic carbocycles. The lowest BCUT2D eigenvalue weighted by Gasteiger charge is -2.17. The Hall–Kier alpha value is -1.11. The molecule has 1 aliphatic rings. The van der Waals surface area contributed by atoms with Crippen molar-refractivity contribution in [2.45, 2.75) is 39.0 Å². The van der Waals surface area contributed by atoms with Gasteiger partial charge >= 0.3 is 0 Å². The molecule has 0 N–H and O–H groups in total. The Morgan fingerprint density at radius 2 is 2.29 bits per heavy atom. The molecule has 0 bridgehead atoms. The predicted octanol–water partition coefficient (Wildman–Crippen LogP) is 3.55. The van der Waals surface area contributed by atoms with Gasteiger partial charge in [-0.05, 0) is 41.9 Å². The Balaban J connectivity index is 2.47. The summed E-state index contributed by atoms with van der Waals surface area (Å²) >= 11 is 0. The zero-order valence-corrected chi connectivity index (χ0v) is 8.96. The van der Waals surface area contributed by atoms with E-state index in [0.29, 0.717) is 5.92 Å². The maximum Gasteiger partial charge on any atom is 0.0308 e. The standard InChI is InChI=1S/C13H17N/c1-3-10(2)13-9-14-8-11-6-4-5-7-12(11)13/h5,7-10H,3-4,6H2,1-2H3. The van der Waals surface area contributed by atoms with Crippen molar-refractivity contribution in [1.82, 2.24) is 4.98 Å². The van der Waals surface area contributed by atoms with E-state index in [4.69, 9.17) is 0 Å². The van der Waals surface area contributed by atoms with Gasteiger partial charge in [0, 0.05) is 12.4 Å². The summed E-state index contributed by atoms with van der Waals surface area (Å²) in [4.78, 5) is 4.33. The zero-order chi connectivity index (χ0) is 9.97. The maximum atomic E-state index is 4.33. The van der Waals surface area contributed by atoms with E-state index in [0.717, 1.165) is 6.42 Å². The maximum absolute atomic E-state index is 4.33. The number of pyridine rings is 1. The van der Waals surface area contributed by atoms with Gasteiger partial charge in [0.1, 0.15) is 0 Å². The van der Waals surface area contributed by atoms with Crippen LogP contribution < -0.4 is 0 Å². The number of aromatic nitrogens is 1. The molecule has 1 heterocycles. The van der Waals surface area contributed by atoms with Crippen LogP contribution in [0, 0.1) is 0 Å². The average molecular weight is 187 g/mol. The highest BCUT2D eigenvalue weighted by atomic mass is 14.6. The van der Waals surface area contributed by atoms with Gasteiger partial charge in [-0.25, -0.2) is 0 Å². The summed E-state index contributed by atoms with van der Waals surface area (Å²) in [6, 6.07) is 0. The van der Waals surface area contributed by atoms with Crippen LogP contribution in [0.5, 0.6) is 0 Å². The summed E-state index contributed by atoms with van der Waals surface area (Å²) in [7, 11) is 0. The molecule has 74 valence electrons. The lowest BCUT2D eigenvalue weighted by atomic mass is 9.89. The Labute approximate surface area is 85.9 Å². The monoisotopic (exact) mass is 187 g/mol. The quantitative estimate of drug-likeness (QED) is 0.690. The molecule has 0 aromatic carbocycles. The fourth-order valence-electron chi connectivity index (χ4n) is 1.99. The van der Waals surface area contributed by atoms with Crippen LogP contribution in [0.4, 0.5) is 0 Å². The van der Waals surface area contributed by atoms with Crippen molar-refractivity contribution in [1.29, 1.82) is 0 Å². The van der Waals surface area contributed by atoms with E-state index < -0.39 is 0 Å². The van der Waals surface area contributed by atoms with Gasteiger partial charge in [-0.15, -0.1) is 0 Å². The van der Waals surface area contributed by atoms with E-state index in [1.165, 1.54) is 29.5 Å². The molecular weight excluding hydrogens is 170 g/mol. The van der Waals surface area contributed by atoms with Crippen LogP contribution in [0.3, 0.4) is 0 Å². The molecule has 0 amide bonds. The van der Waals surface area contributed by atoms with Crippen LogP contribution in [0.15, 0.2) is 18.5 Å². The summed E-state index contributed by atoms with van der Waals surface area (Å²) in [5, 5.41) is 0. The second-order valence-corrected chi connectivity index (χ2v) is 4.05. The van der Waals surface area contributed by atoms with Crippen molar-refractivity contribution in [2.75, 3.05) is 0 Å². The first kappa shape index (κ1) is 9.45. The highest BCUT2D eigenvalue weighted by Gasteiger charge is 2.13. The summed E-state index contributed by atoms with van der Waals surface area (Å²) in [6.45, 7) is 4.51. The number of nitrogens with zero attached hydrogens (tertiary/aromatic N) is 1. The Morgan fingerprint density at radius 3 is 3.07 bits per heavy atom. The fourth-order valence-corrected chi connectivity index (χ4v) is 1.99. The molecule has 0 aliphatic heterocycles. The van der Waals surface area contributed by atoms with Gasteiger partial charge in [-0.3, -0.25) is 4.98 Å². The number of allylic oxidation sites excluding steroid dienone is 1. The molecule has 1 aromatic heterocycles. The minimum absolute atomic E-state index is 0.625. The lowest BCUT2D eigenvalue weighted by molar-refractivity contribution is 0.724. The van der Waals surface area contributed by atoms with E-state index in [9.17, 15) is 0 Å². The van der Waals surface area contributed by atoms with E-state index in [-0.39, 0.29) is 0 Å². The molecule has 0 radical (unpaired) electrons. The fraction of sp³-hybridized carbons (Fsp3) is 0.462. The number of aryl methyl sites for hydroxylation is 1. The van der Waals surface area contributed by atoms with Gasteiger partial charge in [0.05, 0.1) is 0 Å². The van der Waals surface area contributed by atoms with Crippen molar-refractivity contribution in [3.63, 3.8) is 0 Å². The van der Waals surface area contributed by atoms with E-state index >= 15 is 0 Å². The lowest BCUT2D eigenvalue weighted by Crippen LogP contribution is -2.03. The topological polar surface area (TPSA) is 12.9 Å². The molecule has 0 spiro atoms. The number of hydrogen-bond acceptors (Lipinski definition) is 1. The molecule has 0 fully saturated rings. The molecule has 1 heteroatoms. The molecule has 1 nitrogen and oxygen atoms in total. The van der Waals surface area contributed by atoms with Gasteiger partial charge in [0.2, 0.25) is 0 Å². The number of fused-ring (bicyclic) bond motifs is 1. The van der Waals surface area contributed by atoms with Crippen LogP contribution in [0.2, 0.25) is 0 Å². The predicted molar refractivity (Wildman–Crippen MR) is 60.3 cm³/mol. The molecule has 1 atom stereocenters. The summed E-state index contributed by atoms with van der Waals surface area (Å²) in [5.41, 5.74) is 4.27. The first-order valence-electron chi connectivity index (χ1n) is 5.46. The third-order valence-corrected chi connectivity index (χ3v) is 3.11. The van der Waals surface area contributed by atoms with Crippen molar-refractivity contribution >= 4 is 6.08 Å². The molecule has 2 rings (SSSR count). The molecule has 14 heavy (non-hydrogen) atoms. The Morgan fingerprint density at radius 1 is 1.43 bits per heavy atom. The third-order valence-electron chi connectivity index (χ3n) is 3.11. The van der Waals surface area contributed by atoms with Crippen molar-refractivity contribution < 1.29 is 0 Å². The first-order chi connectivity index (χ1) is 6.83. The molecular formula is C13H17N. The number of hydrogen-bond donors (Lipinski definition) is 0. The molecule has 1 unspecified atom stereocenters. The summed E-state index contributed by atoms with van der Waals surface area (Å²) in [6.07, 6.45) is 12.1. The Bertz CT molecular complexity index is 352. The smallest absolute Gasteiger partial charge is 0.0308 e. The van der Waals surface area contributed by atoms with Gasteiger partial charge in [0.15, 0.2) is 0 Å². The van der Waals surface area contributed by atoms with Crippen LogP contribution in [-0.2, 0) is 6.42 Å². The highest BCUT2D eigenvalue weighted by Crippen LogP contribution is 2.28. The van der Waals surface area contributed by atoms with Crippen molar-refractivity contribution in [2.24, 2.45) is 0 Å². The van der Waals surface area contributed by atoms with Gasteiger partial charge in [0.25, 0.3) is 0 Å². The molecule has 1 aromatic rings. The SMILES string of the molecule is CCC(C)c1cncc2c1C=CCC2.